The van der Waals surface area contributed by atoms with Gasteiger partial charge in [0.1, 0.15) is 11.5 Å². The molecule has 2 amide bonds. The lowest BCUT2D eigenvalue weighted by atomic mass is 10.1. The molecule has 25 heavy (non-hydrogen) atoms. The van der Waals surface area contributed by atoms with Crippen LogP contribution in [0.15, 0.2) is 34.7 Å². The van der Waals surface area contributed by atoms with Gasteiger partial charge in [0.2, 0.25) is 0 Å². The van der Waals surface area contributed by atoms with Crippen molar-refractivity contribution in [3.63, 3.8) is 0 Å². The van der Waals surface area contributed by atoms with Crippen LogP contribution in [0, 0.1) is 13.8 Å². The zero-order chi connectivity index (χ0) is 17.3. The van der Waals surface area contributed by atoms with E-state index in [4.69, 9.17) is 10.2 Å². The number of carbonyl (C=O) groups is 2. The highest BCUT2D eigenvalue weighted by atomic mass is 35.5. The number of halogens is 1. The van der Waals surface area contributed by atoms with E-state index < -0.39 is 0 Å². The summed E-state index contributed by atoms with van der Waals surface area (Å²) in [6, 6.07) is 8.72. The van der Waals surface area contributed by atoms with Gasteiger partial charge in [-0.05, 0) is 38.1 Å². The average Bonchev–Trinajstić information content (AvgIpc) is 2.92. The Labute approximate surface area is 153 Å². The van der Waals surface area contributed by atoms with E-state index in [-0.39, 0.29) is 24.2 Å². The second-order valence-corrected chi connectivity index (χ2v) is 6.04. The van der Waals surface area contributed by atoms with Gasteiger partial charge in [-0.3, -0.25) is 9.59 Å². The molecule has 0 unspecified atom stereocenters. The van der Waals surface area contributed by atoms with E-state index in [1.165, 1.54) is 0 Å². The molecule has 1 saturated heterocycles. The van der Waals surface area contributed by atoms with Crippen molar-refractivity contribution in [1.29, 1.82) is 0 Å². The Kier molecular flexibility index (Phi) is 5.74. The molecule has 3 rings (SSSR count). The number of benzene rings is 1. The minimum Gasteiger partial charge on any atom is -0.466 e. The number of aryl methyl sites for hydroxylation is 2. The summed E-state index contributed by atoms with van der Waals surface area (Å²) in [6.45, 7) is 5.66. The van der Waals surface area contributed by atoms with Crippen LogP contribution in [0.2, 0.25) is 0 Å². The zero-order valence-electron chi connectivity index (χ0n) is 14.3. The molecule has 134 valence electrons. The van der Waals surface area contributed by atoms with Gasteiger partial charge < -0.3 is 20.0 Å². The molecule has 2 heterocycles. The molecule has 1 aromatic carbocycles. The summed E-state index contributed by atoms with van der Waals surface area (Å²) < 4.78 is 5.43. The molecule has 1 aromatic heterocycles. The van der Waals surface area contributed by atoms with Crippen LogP contribution < -0.4 is 5.73 Å². The first-order chi connectivity index (χ1) is 11.5. The minimum atomic E-state index is -0.0512. The van der Waals surface area contributed by atoms with Gasteiger partial charge >= 0.3 is 0 Å². The van der Waals surface area contributed by atoms with Crippen LogP contribution in [0.1, 0.15) is 32.2 Å². The van der Waals surface area contributed by atoms with Crippen molar-refractivity contribution >= 4 is 29.9 Å². The van der Waals surface area contributed by atoms with Gasteiger partial charge in [0.05, 0.1) is 5.56 Å². The van der Waals surface area contributed by atoms with Crippen molar-refractivity contribution in [3.05, 3.63) is 53.0 Å². The quantitative estimate of drug-likeness (QED) is 0.831. The monoisotopic (exact) mass is 363 g/mol. The maximum absolute atomic E-state index is 12.6. The fraction of sp³-hybridized carbons (Fsp3) is 0.333. The highest BCUT2D eigenvalue weighted by molar-refractivity contribution is 5.97. The topological polar surface area (TPSA) is 79.8 Å². The van der Waals surface area contributed by atoms with Crippen molar-refractivity contribution in [3.8, 4) is 0 Å². The number of hydrogen-bond donors (Lipinski definition) is 1. The standard InChI is InChI=1S/C18H21N3O3.ClH/c1-12-10-16(13(2)24-12)18(23)21-8-6-20(7-9-21)17(22)14-4-3-5-15(19)11-14;/h3-5,10-11H,6-9,19H2,1-2H3;1H. The normalized spacial score (nSPS) is 14.2. The maximum Gasteiger partial charge on any atom is 0.257 e. The lowest BCUT2D eigenvalue weighted by Crippen LogP contribution is -2.50. The summed E-state index contributed by atoms with van der Waals surface area (Å²) in [7, 11) is 0. The molecule has 0 saturated carbocycles. The Morgan fingerprint density at radius 3 is 2.12 bits per heavy atom. The average molecular weight is 364 g/mol. The fourth-order valence-corrected chi connectivity index (χ4v) is 2.98. The summed E-state index contributed by atoms with van der Waals surface area (Å²) in [5.74, 6) is 1.27. The van der Waals surface area contributed by atoms with Crippen LogP contribution >= 0.6 is 12.4 Å². The molecule has 0 bridgehead atoms. The maximum atomic E-state index is 12.6. The third kappa shape index (κ3) is 3.96. The molecule has 0 atom stereocenters. The molecular formula is C18H22ClN3O3. The first-order valence-corrected chi connectivity index (χ1v) is 7.97. The van der Waals surface area contributed by atoms with E-state index >= 15 is 0 Å². The van der Waals surface area contributed by atoms with Crippen molar-refractivity contribution < 1.29 is 14.0 Å². The molecular weight excluding hydrogens is 342 g/mol. The number of carbonyl (C=O) groups excluding carboxylic acids is 2. The number of rotatable bonds is 2. The molecule has 0 aliphatic carbocycles. The molecule has 1 aliphatic rings. The van der Waals surface area contributed by atoms with Crippen molar-refractivity contribution in [2.24, 2.45) is 0 Å². The Balaban J connectivity index is 0.00000225. The molecule has 2 aromatic rings. The van der Waals surface area contributed by atoms with Gasteiger partial charge in [0, 0.05) is 37.4 Å². The first kappa shape index (κ1) is 18.9. The van der Waals surface area contributed by atoms with Gasteiger partial charge in [0.15, 0.2) is 0 Å². The summed E-state index contributed by atoms with van der Waals surface area (Å²) in [5, 5.41) is 0. The van der Waals surface area contributed by atoms with Crippen LogP contribution in [-0.2, 0) is 0 Å². The third-order valence-electron chi connectivity index (χ3n) is 4.26. The highest BCUT2D eigenvalue weighted by Crippen LogP contribution is 2.18. The number of furan rings is 1. The third-order valence-corrected chi connectivity index (χ3v) is 4.26. The fourth-order valence-electron chi connectivity index (χ4n) is 2.98. The van der Waals surface area contributed by atoms with Crippen LogP contribution in [0.25, 0.3) is 0 Å². The molecule has 7 heteroatoms. The number of nitrogens with zero attached hydrogens (tertiary/aromatic N) is 2. The van der Waals surface area contributed by atoms with Crippen molar-refractivity contribution in [2.75, 3.05) is 31.9 Å². The van der Waals surface area contributed by atoms with E-state index in [9.17, 15) is 9.59 Å². The number of nitrogens with two attached hydrogens (primary N) is 1. The summed E-state index contributed by atoms with van der Waals surface area (Å²) in [4.78, 5) is 28.6. The van der Waals surface area contributed by atoms with Gasteiger partial charge in [0.25, 0.3) is 11.8 Å². The lowest BCUT2D eigenvalue weighted by molar-refractivity contribution is 0.0534. The first-order valence-electron chi connectivity index (χ1n) is 7.97. The predicted octanol–water partition coefficient (Wildman–Crippen LogP) is 2.50. The predicted molar refractivity (Wildman–Crippen MR) is 98.1 cm³/mol. The number of anilines is 1. The van der Waals surface area contributed by atoms with E-state index in [0.29, 0.717) is 48.8 Å². The van der Waals surface area contributed by atoms with Gasteiger partial charge in [-0.2, -0.15) is 0 Å². The van der Waals surface area contributed by atoms with Crippen molar-refractivity contribution in [1.82, 2.24) is 9.80 Å². The number of amides is 2. The van der Waals surface area contributed by atoms with Gasteiger partial charge in [-0.15, -0.1) is 12.4 Å². The SMILES string of the molecule is Cc1cc(C(=O)N2CCN(C(=O)c3cccc(N)c3)CC2)c(C)o1.Cl. The number of hydrogen-bond acceptors (Lipinski definition) is 4. The second-order valence-electron chi connectivity index (χ2n) is 6.04. The summed E-state index contributed by atoms with van der Waals surface area (Å²) >= 11 is 0. The van der Waals surface area contributed by atoms with E-state index in [1.807, 2.05) is 6.92 Å². The molecule has 2 N–H and O–H groups in total. The molecule has 0 radical (unpaired) electrons. The van der Waals surface area contributed by atoms with Crippen LogP contribution in [0.3, 0.4) is 0 Å². The number of piperazine rings is 1. The molecule has 0 spiro atoms. The highest BCUT2D eigenvalue weighted by Gasteiger charge is 2.27. The van der Waals surface area contributed by atoms with Gasteiger partial charge in [-0.25, -0.2) is 0 Å². The zero-order valence-corrected chi connectivity index (χ0v) is 15.1. The lowest BCUT2D eigenvalue weighted by Gasteiger charge is -2.34. The van der Waals surface area contributed by atoms with E-state index in [2.05, 4.69) is 0 Å². The summed E-state index contributed by atoms with van der Waals surface area (Å²) in [5.41, 5.74) is 7.49. The largest absolute Gasteiger partial charge is 0.466 e. The minimum absolute atomic E-state index is 0. The summed E-state index contributed by atoms with van der Waals surface area (Å²) in [6.07, 6.45) is 0. The smallest absolute Gasteiger partial charge is 0.257 e. The Morgan fingerprint density at radius 1 is 1.00 bits per heavy atom. The van der Waals surface area contributed by atoms with Crippen molar-refractivity contribution in [2.45, 2.75) is 13.8 Å². The van der Waals surface area contributed by atoms with E-state index in [0.717, 1.165) is 5.76 Å². The Bertz CT molecular complexity index is 780. The van der Waals surface area contributed by atoms with Crippen LogP contribution in [0.5, 0.6) is 0 Å². The second kappa shape index (κ2) is 7.61. The molecule has 6 nitrogen and oxygen atoms in total. The van der Waals surface area contributed by atoms with Gasteiger partial charge in [-0.1, -0.05) is 6.07 Å². The van der Waals surface area contributed by atoms with Crippen LogP contribution in [-0.4, -0.2) is 47.8 Å². The molecule has 1 fully saturated rings. The molecule has 1 aliphatic heterocycles. The Morgan fingerprint density at radius 2 is 1.60 bits per heavy atom. The Hall–Kier alpha value is -2.47. The van der Waals surface area contributed by atoms with E-state index in [1.54, 1.807) is 47.1 Å². The number of nitrogen functional groups attached to an aromatic ring is 1. The van der Waals surface area contributed by atoms with Crippen LogP contribution in [0.4, 0.5) is 5.69 Å².